The SMILES string of the molecule is CCC1=C(CC)NC2C(=N1)N1c3ccccc3C3(CC)C4=C(C4)C3(CC)C1N2c1ccccc1. The summed E-state index contributed by atoms with van der Waals surface area (Å²) in [5.74, 6) is 1.17. The number of fused-ring (bicyclic) bond motifs is 10. The molecule has 0 amide bonds. The molecule has 1 fully saturated rings. The van der Waals surface area contributed by atoms with Gasteiger partial charge in [-0.3, -0.25) is 0 Å². The number of nitrogens with zero attached hydrogens (tertiary/aromatic N) is 3. The van der Waals surface area contributed by atoms with Gasteiger partial charge in [0.05, 0.1) is 5.70 Å². The molecule has 2 aromatic carbocycles. The Morgan fingerprint density at radius 1 is 0.912 bits per heavy atom. The van der Waals surface area contributed by atoms with Crippen LogP contribution in [0.1, 0.15) is 65.4 Å². The minimum absolute atomic E-state index is 0.0465. The van der Waals surface area contributed by atoms with Crippen LogP contribution in [0.25, 0.3) is 0 Å². The van der Waals surface area contributed by atoms with E-state index in [1.165, 1.54) is 40.6 Å². The Morgan fingerprint density at radius 2 is 1.68 bits per heavy atom. The van der Waals surface area contributed by atoms with Crippen LogP contribution >= 0.6 is 0 Å². The number of allylic oxidation sites excluding steroid dienone is 3. The van der Waals surface area contributed by atoms with E-state index in [1.807, 2.05) is 0 Å². The third kappa shape index (κ3) is 2.06. The van der Waals surface area contributed by atoms with E-state index < -0.39 is 0 Å². The molecule has 1 N–H and O–H groups in total. The van der Waals surface area contributed by atoms with E-state index in [9.17, 15) is 0 Å². The molecular formula is C30H34N4. The highest BCUT2D eigenvalue weighted by Gasteiger charge is 2.78. The van der Waals surface area contributed by atoms with Gasteiger partial charge in [0.25, 0.3) is 0 Å². The topological polar surface area (TPSA) is 30.9 Å². The van der Waals surface area contributed by atoms with Crippen LogP contribution in [0.3, 0.4) is 0 Å². The normalized spacial score (nSPS) is 32.2. The zero-order valence-electron chi connectivity index (χ0n) is 20.7. The fourth-order valence-corrected chi connectivity index (χ4v) is 8.23. The van der Waals surface area contributed by atoms with Crippen molar-refractivity contribution < 1.29 is 0 Å². The minimum Gasteiger partial charge on any atom is -0.361 e. The zero-order valence-corrected chi connectivity index (χ0v) is 20.7. The van der Waals surface area contributed by atoms with Gasteiger partial charge in [-0.25, -0.2) is 4.99 Å². The van der Waals surface area contributed by atoms with Gasteiger partial charge < -0.3 is 15.1 Å². The number of rotatable bonds is 5. The molecule has 4 nitrogen and oxygen atoms in total. The van der Waals surface area contributed by atoms with Crippen LogP contribution in [0, 0.1) is 5.41 Å². The highest BCUT2D eigenvalue weighted by atomic mass is 15.5. The van der Waals surface area contributed by atoms with E-state index >= 15 is 0 Å². The second kappa shape index (κ2) is 6.78. The highest BCUT2D eigenvalue weighted by Crippen LogP contribution is 2.80. The molecule has 3 heterocycles. The summed E-state index contributed by atoms with van der Waals surface area (Å²) in [4.78, 5) is 10.7. The molecule has 2 aliphatic carbocycles. The van der Waals surface area contributed by atoms with Crippen molar-refractivity contribution in [2.24, 2.45) is 10.4 Å². The van der Waals surface area contributed by atoms with Crippen LogP contribution in [0.2, 0.25) is 0 Å². The van der Waals surface area contributed by atoms with Crippen molar-refractivity contribution in [3.05, 3.63) is 82.7 Å². The monoisotopic (exact) mass is 450 g/mol. The van der Waals surface area contributed by atoms with Crippen molar-refractivity contribution in [2.75, 3.05) is 9.80 Å². The summed E-state index contributed by atoms with van der Waals surface area (Å²) in [6.07, 6.45) is 5.72. The van der Waals surface area contributed by atoms with Gasteiger partial charge in [-0.1, -0.05) is 75.2 Å². The van der Waals surface area contributed by atoms with Crippen molar-refractivity contribution in [3.63, 3.8) is 0 Å². The van der Waals surface area contributed by atoms with Crippen molar-refractivity contribution in [2.45, 2.75) is 77.5 Å². The minimum atomic E-state index is 0.0465. The molecule has 1 saturated heterocycles. The van der Waals surface area contributed by atoms with E-state index in [1.54, 1.807) is 11.1 Å². The first-order valence-electron chi connectivity index (χ1n) is 13.2. The maximum atomic E-state index is 5.41. The van der Waals surface area contributed by atoms with Crippen LogP contribution in [-0.4, -0.2) is 18.2 Å². The maximum Gasteiger partial charge on any atom is 0.161 e. The van der Waals surface area contributed by atoms with Crippen LogP contribution in [0.5, 0.6) is 0 Å². The number of hydrogen-bond donors (Lipinski definition) is 1. The molecule has 7 rings (SSSR count). The standard InChI is InChI=1S/C30H34N4/c1-5-23-24(6-2)32-27-26(31-23)33(19-14-10-9-11-15-19)28-30(8-4)22-18-21(22)29(30,7-3)20-16-12-13-17-25(20)34(27)28/h9-17,26,28,31H,5-8,18H2,1-4H3. The summed E-state index contributed by atoms with van der Waals surface area (Å²) in [5, 5.41) is 3.98. The third-order valence-electron chi connectivity index (χ3n) is 9.49. The predicted molar refractivity (Wildman–Crippen MR) is 140 cm³/mol. The highest BCUT2D eigenvalue weighted by molar-refractivity contribution is 6.10. The second-order valence-corrected chi connectivity index (χ2v) is 10.4. The number of nitrogens with one attached hydrogen (secondary N) is 1. The van der Waals surface area contributed by atoms with E-state index in [0.717, 1.165) is 25.7 Å². The molecule has 5 aliphatic rings. The van der Waals surface area contributed by atoms with E-state index in [0.29, 0.717) is 0 Å². The fraction of sp³-hybridized carbons (Fsp3) is 0.433. The van der Waals surface area contributed by atoms with Gasteiger partial charge >= 0.3 is 0 Å². The molecule has 4 atom stereocenters. The first kappa shape index (κ1) is 20.4. The summed E-state index contributed by atoms with van der Waals surface area (Å²) in [7, 11) is 0. The third-order valence-corrected chi connectivity index (χ3v) is 9.49. The molecule has 0 saturated carbocycles. The number of aliphatic imine (C=N–C) groups is 1. The number of benzene rings is 2. The molecule has 4 unspecified atom stereocenters. The summed E-state index contributed by atoms with van der Waals surface area (Å²) < 4.78 is 0. The molecule has 0 spiro atoms. The van der Waals surface area contributed by atoms with Gasteiger partial charge in [-0.2, -0.15) is 0 Å². The first-order chi connectivity index (χ1) is 16.7. The van der Waals surface area contributed by atoms with Crippen molar-refractivity contribution in [1.29, 1.82) is 0 Å². The Hall–Kier alpha value is -3.01. The molecule has 0 aromatic heterocycles. The molecule has 3 aliphatic heterocycles. The van der Waals surface area contributed by atoms with Crippen molar-refractivity contribution in [3.8, 4) is 0 Å². The van der Waals surface area contributed by atoms with Gasteiger partial charge in [-0.15, -0.1) is 0 Å². The average Bonchev–Trinajstić information content (AvgIpc) is 3.55. The Bertz CT molecular complexity index is 1290. The summed E-state index contributed by atoms with van der Waals surface area (Å²) in [6.45, 7) is 9.30. The molecular weight excluding hydrogens is 416 g/mol. The molecule has 4 heteroatoms. The Labute approximate surface area is 203 Å². The second-order valence-electron chi connectivity index (χ2n) is 10.4. The number of hydrogen-bond acceptors (Lipinski definition) is 4. The fourth-order valence-electron chi connectivity index (χ4n) is 8.23. The first-order valence-corrected chi connectivity index (χ1v) is 13.2. The van der Waals surface area contributed by atoms with Crippen molar-refractivity contribution >= 4 is 17.2 Å². The number of anilines is 2. The summed E-state index contributed by atoms with van der Waals surface area (Å²) in [6, 6.07) is 20.3. The van der Waals surface area contributed by atoms with Crippen LogP contribution < -0.4 is 15.1 Å². The average molecular weight is 451 g/mol. The van der Waals surface area contributed by atoms with E-state index in [-0.39, 0.29) is 23.2 Å². The lowest BCUT2D eigenvalue weighted by atomic mass is 9.47. The Balaban J connectivity index is 1.54. The largest absolute Gasteiger partial charge is 0.361 e. The molecule has 34 heavy (non-hydrogen) atoms. The van der Waals surface area contributed by atoms with Gasteiger partial charge in [0.15, 0.2) is 12.0 Å². The number of amidine groups is 1. The van der Waals surface area contributed by atoms with Gasteiger partial charge in [-0.05, 0) is 55.9 Å². The van der Waals surface area contributed by atoms with Gasteiger partial charge in [0.1, 0.15) is 6.17 Å². The Kier molecular flexibility index (Phi) is 4.06. The van der Waals surface area contributed by atoms with Crippen LogP contribution in [0.4, 0.5) is 11.4 Å². The van der Waals surface area contributed by atoms with Gasteiger partial charge in [0, 0.05) is 27.9 Å². The maximum absolute atomic E-state index is 5.41. The number of para-hydroxylation sites is 2. The zero-order chi connectivity index (χ0) is 23.2. The molecule has 0 bridgehead atoms. The summed E-state index contributed by atoms with van der Waals surface area (Å²) in [5.41, 5.74) is 10.4. The lowest BCUT2D eigenvalue weighted by molar-refractivity contribution is 0.119. The molecule has 174 valence electrons. The van der Waals surface area contributed by atoms with Crippen LogP contribution in [-0.2, 0) is 5.41 Å². The smallest absolute Gasteiger partial charge is 0.161 e. The molecule has 2 aromatic rings. The predicted octanol–water partition coefficient (Wildman–Crippen LogP) is 6.47. The quantitative estimate of drug-likeness (QED) is 0.530. The Morgan fingerprint density at radius 3 is 2.38 bits per heavy atom. The summed E-state index contributed by atoms with van der Waals surface area (Å²) >= 11 is 0. The van der Waals surface area contributed by atoms with Crippen LogP contribution in [0.15, 0.2) is 82.1 Å². The lowest BCUT2D eigenvalue weighted by Crippen LogP contribution is -2.67. The van der Waals surface area contributed by atoms with Crippen molar-refractivity contribution in [1.82, 2.24) is 5.32 Å². The molecule has 0 radical (unpaired) electrons. The van der Waals surface area contributed by atoms with E-state index in [2.05, 4.69) is 97.4 Å². The van der Waals surface area contributed by atoms with Gasteiger partial charge in [0.2, 0.25) is 0 Å². The lowest BCUT2D eigenvalue weighted by Gasteiger charge is -2.63. The van der Waals surface area contributed by atoms with E-state index in [4.69, 9.17) is 4.99 Å².